The van der Waals surface area contributed by atoms with Gasteiger partial charge >= 0.3 is 0 Å². The molecule has 0 bridgehead atoms. The van der Waals surface area contributed by atoms with Crippen LogP contribution in [-0.2, 0) is 28.4 Å². The van der Waals surface area contributed by atoms with Crippen molar-refractivity contribution in [2.75, 3.05) is 26.4 Å². The number of aliphatic hydroxyl groups excluding tert-OH is 13. The van der Waals surface area contributed by atoms with Crippen LogP contribution in [0.15, 0.2) is 11.6 Å². The molecule has 26 atom stereocenters. The van der Waals surface area contributed by atoms with Crippen LogP contribution in [0.2, 0.25) is 0 Å². The second kappa shape index (κ2) is 18.5. The Balaban J connectivity index is 1.13. The first kappa shape index (κ1) is 52.3. The van der Waals surface area contributed by atoms with E-state index in [0.717, 1.165) is 19.3 Å². The molecule has 67 heavy (non-hydrogen) atoms. The van der Waals surface area contributed by atoms with Gasteiger partial charge in [-0.3, -0.25) is 0 Å². The average molecular weight is 961 g/mol. The summed E-state index contributed by atoms with van der Waals surface area (Å²) in [5.74, 6) is -0.547. The summed E-state index contributed by atoms with van der Waals surface area (Å²) in [7, 11) is 0. The summed E-state index contributed by atoms with van der Waals surface area (Å²) in [6.07, 6.45) is -18.4. The number of hydrogen-bond acceptors (Lipinski definition) is 19. The van der Waals surface area contributed by atoms with Crippen LogP contribution in [-0.4, -0.2) is 203 Å². The van der Waals surface area contributed by atoms with Crippen LogP contribution in [0, 0.1) is 50.2 Å². The third-order valence-electron chi connectivity index (χ3n) is 19.5. The van der Waals surface area contributed by atoms with Gasteiger partial charge in [0.25, 0.3) is 0 Å². The van der Waals surface area contributed by atoms with Crippen molar-refractivity contribution in [1.82, 2.24) is 0 Å². The molecule has 4 saturated carbocycles. The minimum atomic E-state index is -1.83. The fourth-order valence-corrected chi connectivity index (χ4v) is 15.3. The first-order valence-electron chi connectivity index (χ1n) is 24.5. The van der Waals surface area contributed by atoms with Crippen molar-refractivity contribution in [2.24, 2.45) is 50.2 Å². The third-order valence-corrected chi connectivity index (χ3v) is 19.5. The van der Waals surface area contributed by atoms with E-state index < -0.39 is 163 Å². The normalized spacial score (nSPS) is 56.5. The predicted octanol–water partition coefficient (Wildman–Crippen LogP) is -1.44. The summed E-state index contributed by atoms with van der Waals surface area (Å²) in [4.78, 5) is 0. The summed E-state index contributed by atoms with van der Waals surface area (Å²) in [5.41, 5.74) is -2.09. The van der Waals surface area contributed by atoms with E-state index in [1.165, 1.54) is 5.57 Å². The van der Waals surface area contributed by atoms with Crippen molar-refractivity contribution in [2.45, 2.75) is 210 Å². The minimum Gasteiger partial charge on any atom is -0.396 e. The molecule has 3 aliphatic heterocycles. The minimum absolute atomic E-state index is 0.0108. The van der Waals surface area contributed by atoms with Gasteiger partial charge in [-0.15, -0.1) is 0 Å². The Bertz CT molecular complexity index is 1790. The molecule has 3 heterocycles. The SMILES string of the molecule is CC1(C)CC[C@]2(C)[C@@H](O[C@@H]3O[C@H](CO)[C@@H](O)[C@H](O)[C@H]3O[C@@H]3O[C@H](CO)[C@H](O)[C@H](O)[C@H]3O)C[C@]3(C)C(=CC[C@@H]4[C@@]5(C)CC[C@H](O[C@@H]6O[C@H](CO)[C@@H](O)[C@H](O)[C@H]6O)[C@@](C)(CO)[C@@H]5[C@H](O)C[C@]43C)[C@@H]2C1. The van der Waals surface area contributed by atoms with Gasteiger partial charge in [-0.05, 0) is 84.9 Å². The van der Waals surface area contributed by atoms with Crippen LogP contribution in [0.4, 0.5) is 0 Å². The van der Waals surface area contributed by atoms with Crippen molar-refractivity contribution < 1.29 is 94.8 Å². The van der Waals surface area contributed by atoms with Gasteiger partial charge < -0.3 is 94.8 Å². The van der Waals surface area contributed by atoms with Gasteiger partial charge in [0, 0.05) is 16.7 Å². The van der Waals surface area contributed by atoms with Crippen LogP contribution < -0.4 is 0 Å². The molecule has 0 aromatic heterocycles. The van der Waals surface area contributed by atoms with Crippen LogP contribution in [0.3, 0.4) is 0 Å². The molecule has 8 rings (SSSR count). The zero-order valence-corrected chi connectivity index (χ0v) is 40.0. The van der Waals surface area contributed by atoms with Crippen LogP contribution in [0.1, 0.15) is 99.8 Å². The Hall–Kier alpha value is -1.02. The van der Waals surface area contributed by atoms with E-state index in [1.807, 2.05) is 6.92 Å². The lowest BCUT2D eigenvalue weighted by molar-refractivity contribution is -0.379. The Morgan fingerprint density at radius 2 is 1.07 bits per heavy atom. The highest BCUT2D eigenvalue weighted by molar-refractivity contribution is 5.35. The molecular weight excluding hydrogens is 881 g/mol. The van der Waals surface area contributed by atoms with Gasteiger partial charge in [-0.1, -0.05) is 60.1 Å². The van der Waals surface area contributed by atoms with E-state index >= 15 is 0 Å². The Labute approximate surface area is 392 Å². The van der Waals surface area contributed by atoms with Crippen molar-refractivity contribution in [3.05, 3.63) is 11.6 Å². The van der Waals surface area contributed by atoms with Gasteiger partial charge in [0.05, 0.1) is 44.7 Å². The van der Waals surface area contributed by atoms with Gasteiger partial charge in [0.1, 0.15) is 73.2 Å². The van der Waals surface area contributed by atoms with Crippen molar-refractivity contribution in [3.63, 3.8) is 0 Å². The summed E-state index contributed by atoms with van der Waals surface area (Å²) in [6.45, 7) is 12.9. The van der Waals surface area contributed by atoms with E-state index in [9.17, 15) is 66.4 Å². The predicted molar refractivity (Wildman–Crippen MR) is 233 cm³/mol. The first-order chi connectivity index (χ1) is 31.3. The largest absolute Gasteiger partial charge is 0.396 e. The Morgan fingerprint density at radius 1 is 0.552 bits per heavy atom. The van der Waals surface area contributed by atoms with E-state index in [-0.39, 0.29) is 23.9 Å². The topological polar surface area (TPSA) is 318 Å². The lowest BCUT2D eigenvalue weighted by Crippen LogP contribution is -2.71. The zero-order valence-electron chi connectivity index (χ0n) is 40.0. The van der Waals surface area contributed by atoms with E-state index in [0.29, 0.717) is 32.1 Å². The fourth-order valence-electron chi connectivity index (χ4n) is 15.3. The molecule has 13 N–H and O–H groups in total. The van der Waals surface area contributed by atoms with E-state index in [2.05, 4.69) is 47.6 Å². The number of fused-ring (bicyclic) bond motifs is 7. The maximum absolute atomic E-state index is 12.8. The molecule has 0 unspecified atom stereocenters. The molecule has 8 aliphatic rings. The second-order valence-electron chi connectivity index (χ2n) is 23.7. The standard InChI is InChI=1S/C48H80O19/c1-43(2)12-13-44(3)22(14-43)21-8-9-27-45(4)11-10-28(65-40-36(60)33(57)30(54)24(17-49)62-40)46(5,20-52)39(45)23(53)15-48(27,7)47(21,6)16-29(44)66-42-38(35(59)32(56)26(19-51)64-42)67-41-37(61)34(58)31(55)25(18-50)63-41/h8,22-42,49-61H,9-20H2,1-7H3/t22-,23+,24+,25+,26+,27+,28-,29-,30+,31-,32+,33-,34-,35-,36+,37+,38+,39+,40-,41-,42-,44-,45+,46+,47+,48+/m0/s1. The van der Waals surface area contributed by atoms with Gasteiger partial charge in [0.15, 0.2) is 18.9 Å². The molecule has 0 amide bonds. The Kier molecular flexibility index (Phi) is 14.4. The number of ether oxygens (including phenoxy) is 6. The maximum atomic E-state index is 12.8. The molecule has 3 saturated heterocycles. The third kappa shape index (κ3) is 8.14. The number of rotatable bonds is 10. The van der Waals surface area contributed by atoms with Gasteiger partial charge in [0.2, 0.25) is 0 Å². The lowest BCUT2D eigenvalue weighted by atomic mass is 9.33. The van der Waals surface area contributed by atoms with Gasteiger partial charge in [-0.2, -0.15) is 0 Å². The quantitative estimate of drug-likeness (QED) is 0.0881. The smallest absolute Gasteiger partial charge is 0.187 e. The second-order valence-corrected chi connectivity index (χ2v) is 23.7. The molecule has 7 fully saturated rings. The molecule has 0 aromatic rings. The monoisotopic (exact) mass is 961 g/mol. The van der Waals surface area contributed by atoms with E-state index in [1.54, 1.807) is 0 Å². The number of hydrogen-bond donors (Lipinski definition) is 13. The van der Waals surface area contributed by atoms with Crippen molar-refractivity contribution >= 4 is 0 Å². The average Bonchev–Trinajstić information content (AvgIpc) is 3.27. The van der Waals surface area contributed by atoms with Crippen LogP contribution >= 0.6 is 0 Å². The summed E-state index contributed by atoms with van der Waals surface area (Å²) >= 11 is 0. The zero-order chi connectivity index (χ0) is 49.1. The molecule has 19 nitrogen and oxygen atoms in total. The molecular formula is C48H80O19. The molecule has 19 heteroatoms. The Morgan fingerprint density at radius 3 is 1.63 bits per heavy atom. The molecule has 386 valence electrons. The highest BCUT2D eigenvalue weighted by Gasteiger charge is 2.72. The first-order valence-corrected chi connectivity index (χ1v) is 24.5. The molecule has 5 aliphatic carbocycles. The summed E-state index contributed by atoms with van der Waals surface area (Å²) in [6, 6.07) is 0. The van der Waals surface area contributed by atoms with Crippen LogP contribution in [0.5, 0.6) is 0 Å². The highest BCUT2D eigenvalue weighted by Crippen LogP contribution is 2.76. The van der Waals surface area contributed by atoms with Crippen molar-refractivity contribution in [3.8, 4) is 0 Å². The maximum Gasteiger partial charge on any atom is 0.187 e. The lowest BCUT2D eigenvalue weighted by Gasteiger charge is -2.73. The van der Waals surface area contributed by atoms with Gasteiger partial charge in [-0.25, -0.2) is 0 Å². The highest BCUT2D eigenvalue weighted by atomic mass is 16.8. The fraction of sp³-hybridized carbons (Fsp3) is 0.958. The number of allylic oxidation sites excluding steroid dienone is 2. The molecule has 0 aromatic carbocycles. The number of aliphatic hydroxyl groups is 13. The summed E-state index contributed by atoms with van der Waals surface area (Å²) < 4.78 is 37.4. The van der Waals surface area contributed by atoms with Crippen LogP contribution in [0.25, 0.3) is 0 Å². The molecule has 0 spiro atoms. The summed E-state index contributed by atoms with van der Waals surface area (Å²) in [5, 5.41) is 141. The van der Waals surface area contributed by atoms with E-state index in [4.69, 9.17) is 28.4 Å². The van der Waals surface area contributed by atoms with Crippen molar-refractivity contribution in [1.29, 1.82) is 0 Å². The molecule has 0 radical (unpaired) electrons.